The lowest BCUT2D eigenvalue weighted by Crippen LogP contribution is -2.09. The molecule has 0 fully saturated rings. The lowest BCUT2D eigenvalue weighted by Gasteiger charge is -2.07. The van der Waals surface area contributed by atoms with Gasteiger partial charge in [-0.1, -0.05) is 6.58 Å². The molecule has 0 aliphatic carbocycles. The molecule has 0 aliphatic rings. The fraction of sp³-hybridized carbons (Fsp3) is 0.100. The van der Waals surface area contributed by atoms with Gasteiger partial charge in [-0.3, -0.25) is 4.79 Å². The normalized spacial score (nSPS) is 9.64. The molecule has 1 amide bonds. The highest BCUT2D eigenvalue weighted by atomic mass is 19.1. The van der Waals surface area contributed by atoms with Crippen molar-refractivity contribution in [3.63, 3.8) is 0 Å². The van der Waals surface area contributed by atoms with E-state index in [2.05, 4.69) is 11.9 Å². The van der Waals surface area contributed by atoms with Gasteiger partial charge in [0.1, 0.15) is 11.6 Å². The summed E-state index contributed by atoms with van der Waals surface area (Å²) in [6, 6.07) is 1.82. The second-order valence-electron chi connectivity index (χ2n) is 2.75. The highest BCUT2D eigenvalue weighted by molar-refractivity contribution is 5.99. The molecule has 0 unspecified atom stereocenters. The lowest BCUT2D eigenvalue weighted by atomic mass is 10.2. The van der Waals surface area contributed by atoms with Crippen molar-refractivity contribution in [2.75, 3.05) is 5.32 Å². The standard InChI is InChI=1S/C10H9F2NO/c1-3-10(14)13-9-5-7(11)4-8(12)6(9)2/h3-5H,1H2,2H3,(H,13,14). The van der Waals surface area contributed by atoms with Crippen LogP contribution in [0.15, 0.2) is 24.8 Å². The topological polar surface area (TPSA) is 29.1 Å². The first-order chi connectivity index (χ1) is 6.54. The summed E-state index contributed by atoms with van der Waals surface area (Å²) in [5, 5.41) is 2.30. The summed E-state index contributed by atoms with van der Waals surface area (Å²) in [7, 11) is 0. The summed E-state index contributed by atoms with van der Waals surface area (Å²) in [6.45, 7) is 4.68. The van der Waals surface area contributed by atoms with Crippen molar-refractivity contribution in [2.45, 2.75) is 6.92 Å². The smallest absolute Gasteiger partial charge is 0.247 e. The van der Waals surface area contributed by atoms with Gasteiger partial charge >= 0.3 is 0 Å². The molecule has 0 aliphatic heterocycles. The maximum absolute atomic E-state index is 13.0. The van der Waals surface area contributed by atoms with Gasteiger partial charge in [-0.15, -0.1) is 0 Å². The van der Waals surface area contributed by atoms with Crippen LogP contribution in [0.25, 0.3) is 0 Å². The molecule has 0 spiro atoms. The van der Waals surface area contributed by atoms with E-state index in [1.54, 1.807) is 0 Å². The third kappa shape index (κ3) is 2.16. The highest BCUT2D eigenvalue weighted by Gasteiger charge is 2.08. The van der Waals surface area contributed by atoms with E-state index in [-0.39, 0.29) is 11.3 Å². The minimum Gasteiger partial charge on any atom is -0.322 e. The van der Waals surface area contributed by atoms with E-state index in [9.17, 15) is 13.6 Å². The molecular weight excluding hydrogens is 188 g/mol. The summed E-state index contributed by atoms with van der Waals surface area (Å²) >= 11 is 0. The number of hydrogen-bond acceptors (Lipinski definition) is 1. The Kier molecular flexibility index (Phi) is 2.96. The first-order valence-corrected chi connectivity index (χ1v) is 3.93. The largest absolute Gasteiger partial charge is 0.322 e. The lowest BCUT2D eigenvalue weighted by molar-refractivity contribution is -0.111. The number of carbonyl (C=O) groups excluding carboxylic acids is 1. The molecule has 1 aromatic carbocycles. The van der Waals surface area contributed by atoms with Crippen molar-refractivity contribution in [1.29, 1.82) is 0 Å². The Balaban J connectivity index is 3.07. The molecule has 0 bridgehead atoms. The molecule has 0 atom stereocenters. The van der Waals surface area contributed by atoms with Crippen LogP contribution in [0.4, 0.5) is 14.5 Å². The number of benzene rings is 1. The minimum atomic E-state index is -0.729. The second-order valence-corrected chi connectivity index (χ2v) is 2.75. The SMILES string of the molecule is C=CC(=O)Nc1cc(F)cc(F)c1C. The van der Waals surface area contributed by atoms with Crippen LogP contribution in [0.5, 0.6) is 0 Å². The summed E-state index contributed by atoms with van der Waals surface area (Å²) in [5.41, 5.74) is 0.314. The Morgan fingerprint density at radius 1 is 1.50 bits per heavy atom. The van der Waals surface area contributed by atoms with E-state index in [4.69, 9.17) is 0 Å². The Morgan fingerprint density at radius 2 is 2.14 bits per heavy atom. The maximum atomic E-state index is 13.0. The predicted molar refractivity (Wildman–Crippen MR) is 49.9 cm³/mol. The van der Waals surface area contributed by atoms with Crippen LogP contribution in [0, 0.1) is 18.6 Å². The third-order valence-electron chi connectivity index (χ3n) is 1.75. The quantitative estimate of drug-likeness (QED) is 0.724. The van der Waals surface area contributed by atoms with Crippen LogP contribution in [0.1, 0.15) is 5.56 Å². The van der Waals surface area contributed by atoms with E-state index in [1.807, 2.05) is 0 Å². The van der Waals surface area contributed by atoms with Crippen LogP contribution in [-0.4, -0.2) is 5.91 Å². The number of hydrogen-bond donors (Lipinski definition) is 1. The van der Waals surface area contributed by atoms with Crippen LogP contribution >= 0.6 is 0 Å². The number of nitrogens with one attached hydrogen (secondary N) is 1. The van der Waals surface area contributed by atoms with Crippen LogP contribution in [0.3, 0.4) is 0 Å². The summed E-state index contributed by atoms with van der Waals surface area (Å²) in [6.07, 6.45) is 1.03. The minimum absolute atomic E-state index is 0.118. The molecule has 0 aromatic heterocycles. The summed E-state index contributed by atoms with van der Waals surface area (Å²) in [4.78, 5) is 10.9. The molecule has 4 heteroatoms. The van der Waals surface area contributed by atoms with Gasteiger partial charge < -0.3 is 5.32 Å². The Labute approximate surface area is 80.2 Å². The number of halogens is 2. The Morgan fingerprint density at radius 3 is 2.71 bits per heavy atom. The molecule has 14 heavy (non-hydrogen) atoms. The predicted octanol–water partition coefficient (Wildman–Crippen LogP) is 2.40. The summed E-state index contributed by atoms with van der Waals surface area (Å²) < 4.78 is 25.7. The van der Waals surface area contributed by atoms with Gasteiger partial charge in [0, 0.05) is 17.3 Å². The van der Waals surface area contributed by atoms with Crippen molar-refractivity contribution in [3.8, 4) is 0 Å². The zero-order valence-corrected chi connectivity index (χ0v) is 7.60. The molecule has 0 saturated heterocycles. The molecule has 1 rings (SSSR count). The zero-order chi connectivity index (χ0) is 10.7. The molecule has 74 valence electrons. The van der Waals surface area contributed by atoms with Crippen molar-refractivity contribution < 1.29 is 13.6 Å². The van der Waals surface area contributed by atoms with Crippen molar-refractivity contribution in [2.24, 2.45) is 0 Å². The maximum Gasteiger partial charge on any atom is 0.247 e. The number of amides is 1. The van der Waals surface area contributed by atoms with Gasteiger partial charge in [0.15, 0.2) is 0 Å². The zero-order valence-electron chi connectivity index (χ0n) is 7.60. The number of anilines is 1. The van der Waals surface area contributed by atoms with Gasteiger partial charge in [0.25, 0.3) is 0 Å². The monoisotopic (exact) mass is 197 g/mol. The van der Waals surface area contributed by atoms with Crippen molar-refractivity contribution in [1.82, 2.24) is 0 Å². The van der Waals surface area contributed by atoms with Crippen LogP contribution in [0.2, 0.25) is 0 Å². The average molecular weight is 197 g/mol. The van der Waals surface area contributed by atoms with Crippen molar-refractivity contribution >= 4 is 11.6 Å². The molecular formula is C10H9F2NO. The van der Waals surface area contributed by atoms with E-state index in [0.29, 0.717) is 0 Å². The van der Waals surface area contributed by atoms with Gasteiger partial charge in [-0.05, 0) is 19.1 Å². The van der Waals surface area contributed by atoms with E-state index in [1.165, 1.54) is 6.92 Å². The molecule has 0 radical (unpaired) electrons. The Bertz CT molecular complexity index is 388. The van der Waals surface area contributed by atoms with Crippen molar-refractivity contribution in [3.05, 3.63) is 42.0 Å². The Hall–Kier alpha value is -1.71. The second kappa shape index (κ2) is 4.00. The van der Waals surface area contributed by atoms with Gasteiger partial charge in [-0.25, -0.2) is 8.78 Å². The van der Waals surface area contributed by atoms with Gasteiger partial charge in [-0.2, -0.15) is 0 Å². The average Bonchev–Trinajstić information content (AvgIpc) is 2.13. The molecule has 2 nitrogen and oxygen atoms in total. The number of rotatable bonds is 2. The highest BCUT2D eigenvalue weighted by Crippen LogP contribution is 2.19. The van der Waals surface area contributed by atoms with Crippen LogP contribution < -0.4 is 5.32 Å². The summed E-state index contributed by atoms with van der Waals surface area (Å²) in [5.74, 6) is -1.92. The fourth-order valence-corrected chi connectivity index (χ4v) is 0.959. The van der Waals surface area contributed by atoms with Gasteiger partial charge in [0.05, 0.1) is 0 Å². The van der Waals surface area contributed by atoms with Gasteiger partial charge in [0.2, 0.25) is 5.91 Å². The van der Waals surface area contributed by atoms with E-state index >= 15 is 0 Å². The van der Waals surface area contributed by atoms with Crippen LogP contribution in [-0.2, 0) is 4.79 Å². The third-order valence-corrected chi connectivity index (χ3v) is 1.75. The first-order valence-electron chi connectivity index (χ1n) is 3.93. The molecule has 1 N–H and O–H groups in total. The fourth-order valence-electron chi connectivity index (χ4n) is 0.959. The molecule has 1 aromatic rings. The van der Waals surface area contributed by atoms with E-state index < -0.39 is 17.5 Å². The number of carbonyl (C=O) groups is 1. The van der Waals surface area contributed by atoms with E-state index in [0.717, 1.165) is 18.2 Å². The molecule has 0 saturated carbocycles. The first kappa shape index (κ1) is 10.4. The molecule has 0 heterocycles.